The second-order valence-corrected chi connectivity index (χ2v) is 3.97. The van der Waals surface area contributed by atoms with Crippen LogP contribution in [0.4, 0.5) is 0 Å². The van der Waals surface area contributed by atoms with Gasteiger partial charge in [0.1, 0.15) is 0 Å². The molecule has 0 radical (unpaired) electrons. The molecule has 2 bridgehead atoms. The molecule has 0 unspecified atom stereocenters. The Hall–Kier alpha value is -1.43. The molecule has 0 saturated carbocycles. The highest BCUT2D eigenvalue weighted by Crippen LogP contribution is 2.23. The van der Waals surface area contributed by atoms with E-state index >= 15 is 0 Å². The van der Waals surface area contributed by atoms with Gasteiger partial charge in [-0.2, -0.15) is 0 Å². The highest BCUT2D eigenvalue weighted by Gasteiger charge is 2.10. The summed E-state index contributed by atoms with van der Waals surface area (Å²) >= 11 is 0. The average Bonchev–Trinajstić information content (AvgIpc) is 2.28. The van der Waals surface area contributed by atoms with Crippen LogP contribution < -0.4 is 0 Å². The Labute approximate surface area is 86.0 Å². The molecule has 0 nitrogen and oxygen atoms in total. The molecule has 0 aromatic carbocycles. The zero-order valence-corrected chi connectivity index (χ0v) is 8.75. The van der Waals surface area contributed by atoms with Crippen molar-refractivity contribution in [2.45, 2.75) is 20.3 Å². The minimum Gasteiger partial charge on any atom is -0.0551 e. The number of rotatable bonds is 0. The molecule has 0 fully saturated rings. The highest BCUT2D eigenvalue weighted by molar-refractivity contribution is 5.46. The van der Waals surface area contributed by atoms with Gasteiger partial charge in [0.15, 0.2) is 0 Å². The van der Waals surface area contributed by atoms with Gasteiger partial charge in [-0.05, 0) is 37.1 Å². The number of hydrogen-bond donors (Lipinski definition) is 0. The summed E-state index contributed by atoms with van der Waals surface area (Å²) in [5, 5.41) is 0. The van der Waals surface area contributed by atoms with Crippen LogP contribution in [0.15, 0.2) is 58.7 Å². The zero-order valence-electron chi connectivity index (χ0n) is 8.75. The first-order valence-corrected chi connectivity index (χ1v) is 5.02. The lowest BCUT2D eigenvalue weighted by Gasteiger charge is -2.03. The molecular formula is C14H15+. The number of hydrogen-bond acceptors (Lipinski definition) is 0. The zero-order chi connectivity index (χ0) is 9.97. The Morgan fingerprint density at radius 3 is 2.64 bits per heavy atom. The summed E-state index contributed by atoms with van der Waals surface area (Å²) in [6.07, 6.45) is 16.4. The van der Waals surface area contributed by atoms with Crippen molar-refractivity contribution < 1.29 is 0 Å². The largest absolute Gasteiger partial charge is 0.0551 e. The lowest BCUT2D eigenvalue weighted by atomic mass is 9.98. The van der Waals surface area contributed by atoms with E-state index in [1.54, 1.807) is 0 Å². The third-order valence-electron chi connectivity index (χ3n) is 2.42. The van der Waals surface area contributed by atoms with Crippen LogP contribution in [0, 0.1) is 6.42 Å². The summed E-state index contributed by atoms with van der Waals surface area (Å²) in [4.78, 5) is 0. The van der Waals surface area contributed by atoms with E-state index in [0.29, 0.717) is 0 Å². The molecule has 0 heterocycles. The van der Waals surface area contributed by atoms with Gasteiger partial charge < -0.3 is 0 Å². The van der Waals surface area contributed by atoms with E-state index in [4.69, 9.17) is 0 Å². The predicted molar refractivity (Wildman–Crippen MR) is 61.7 cm³/mol. The second-order valence-electron chi connectivity index (χ2n) is 3.97. The van der Waals surface area contributed by atoms with Crippen LogP contribution in [0.25, 0.3) is 0 Å². The molecule has 0 atom stereocenters. The minimum atomic E-state index is 1.05. The number of allylic oxidation sites excluding steroid dienone is 10. The van der Waals surface area contributed by atoms with E-state index in [9.17, 15) is 0 Å². The molecule has 0 saturated heterocycles. The summed E-state index contributed by atoms with van der Waals surface area (Å²) in [7, 11) is 0. The van der Waals surface area contributed by atoms with E-state index in [-0.39, 0.29) is 0 Å². The van der Waals surface area contributed by atoms with E-state index in [2.05, 4.69) is 56.7 Å². The quantitative estimate of drug-likeness (QED) is 0.499. The topological polar surface area (TPSA) is 0 Å². The first-order valence-electron chi connectivity index (χ1n) is 5.02. The van der Waals surface area contributed by atoms with Crippen molar-refractivity contribution in [3.63, 3.8) is 0 Å². The lowest BCUT2D eigenvalue weighted by molar-refractivity contribution is 1.18. The average molecular weight is 183 g/mol. The molecule has 0 aromatic rings. The predicted octanol–water partition coefficient (Wildman–Crippen LogP) is 3.91. The van der Waals surface area contributed by atoms with Crippen molar-refractivity contribution in [1.29, 1.82) is 0 Å². The van der Waals surface area contributed by atoms with Gasteiger partial charge in [-0.3, -0.25) is 0 Å². The normalized spacial score (nSPS) is 20.4. The molecule has 0 aliphatic heterocycles. The lowest BCUT2D eigenvalue weighted by Crippen LogP contribution is -1.88. The highest BCUT2D eigenvalue weighted by atomic mass is 14.1. The van der Waals surface area contributed by atoms with Gasteiger partial charge in [0, 0.05) is 29.7 Å². The minimum absolute atomic E-state index is 1.05. The van der Waals surface area contributed by atoms with Crippen molar-refractivity contribution >= 4 is 0 Å². The summed E-state index contributed by atoms with van der Waals surface area (Å²) in [5.74, 6) is 0. The Balaban J connectivity index is 2.48. The van der Waals surface area contributed by atoms with Crippen molar-refractivity contribution in [3.05, 3.63) is 65.2 Å². The SMILES string of the molecule is CC1=CC(C)=CC2=C[CH+]C=CC(=C1)C2. The second kappa shape index (κ2) is 3.75. The van der Waals surface area contributed by atoms with Gasteiger partial charge in [0.2, 0.25) is 0 Å². The van der Waals surface area contributed by atoms with Crippen LogP contribution in [0.1, 0.15) is 20.3 Å². The first-order chi connectivity index (χ1) is 6.74. The summed E-state index contributed by atoms with van der Waals surface area (Å²) in [6.45, 7) is 4.31. The molecular weight excluding hydrogens is 168 g/mol. The Kier molecular flexibility index (Phi) is 2.45. The van der Waals surface area contributed by atoms with Crippen LogP contribution in [0.2, 0.25) is 0 Å². The van der Waals surface area contributed by atoms with Gasteiger partial charge in [-0.1, -0.05) is 6.08 Å². The Bertz CT molecular complexity index is 382. The van der Waals surface area contributed by atoms with E-state index in [1.807, 2.05) is 0 Å². The van der Waals surface area contributed by atoms with Gasteiger partial charge >= 0.3 is 0 Å². The van der Waals surface area contributed by atoms with Gasteiger partial charge in [-0.25, -0.2) is 0 Å². The van der Waals surface area contributed by atoms with Crippen LogP contribution in [-0.2, 0) is 0 Å². The molecule has 2 rings (SSSR count). The maximum atomic E-state index is 2.26. The standard InChI is InChI=1S/C14H15/c1-11-7-12(2)9-14-6-4-3-5-13(8-11)10-14/h3-9H,10H2,1-2H3/q+1. The van der Waals surface area contributed by atoms with Crippen LogP contribution in [-0.4, -0.2) is 0 Å². The molecule has 2 aliphatic rings. The van der Waals surface area contributed by atoms with Crippen molar-refractivity contribution in [2.75, 3.05) is 0 Å². The maximum absolute atomic E-state index is 2.26. The van der Waals surface area contributed by atoms with Crippen molar-refractivity contribution in [2.24, 2.45) is 0 Å². The Morgan fingerprint density at radius 1 is 1.00 bits per heavy atom. The van der Waals surface area contributed by atoms with Gasteiger partial charge in [-0.15, -0.1) is 0 Å². The van der Waals surface area contributed by atoms with Crippen molar-refractivity contribution in [3.8, 4) is 0 Å². The van der Waals surface area contributed by atoms with Crippen LogP contribution in [0.5, 0.6) is 0 Å². The van der Waals surface area contributed by atoms with Gasteiger partial charge in [0.05, 0.1) is 12.5 Å². The smallest absolute Gasteiger partial charge is 0.0546 e. The van der Waals surface area contributed by atoms with Crippen LogP contribution >= 0.6 is 0 Å². The Morgan fingerprint density at radius 2 is 1.79 bits per heavy atom. The summed E-state index contributed by atoms with van der Waals surface area (Å²) < 4.78 is 0. The molecule has 70 valence electrons. The molecule has 0 amide bonds. The summed E-state index contributed by atoms with van der Waals surface area (Å²) in [6, 6.07) is 0. The molecule has 0 heteroatoms. The first kappa shape index (κ1) is 9.14. The molecule has 0 N–H and O–H groups in total. The molecule has 14 heavy (non-hydrogen) atoms. The fourth-order valence-electron chi connectivity index (χ4n) is 1.94. The molecule has 0 aromatic heterocycles. The maximum Gasteiger partial charge on any atom is 0.0546 e. The number of fused-ring (bicyclic) bond motifs is 2. The third kappa shape index (κ3) is 2.08. The van der Waals surface area contributed by atoms with Crippen LogP contribution in [0.3, 0.4) is 0 Å². The fourth-order valence-corrected chi connectivity index (χ4v) is 1.94. The summed E-state index contributed by atoms with van der Waals surface area (Å²) in [5.41, 5.74) is 5.45. The molecule has 0 spiro atoms. The third-order valence-corrected chi connectivity index (χ3v) is 2.42. The van der Waals surface area contributed by atoms with E-state index < -0.39 is 0 Å². The van der Waals surface area contributed by atoms with Crippen molar-refractivity contribution in [1.82, 2.24) is 0 Å². The van der Waals surface area contributed by atoms with E-state index in [1.165, 1.54) is 22.3 Å². The van der Waals surface area contributed by atoms with E-state index in [0.717, 1.165) is 6.42 Å². The fraction of sp³-hybridized carbons (Fsp3) is 0.214. The van der Waals surface area contributed by atoms with Gasteiger partial charge in [0.25, 0.3) is 0 Å². The monoisotopic (exact) mass is 183 g/mol. The molecule has 2 aliphatic carbocycles.